The molecule has 0 saturated carbocycles. The van der Waals surface area contributed by atoms with Crippen molar-refractivity contribution in [1.82, 2.24) is 15.3 Å². The molecule has 1 N–H and O–H groups in total. The number of rotatable bonds is 6. The normalized spacial score (nSPS) is 12.0. The van der Waals surface area contributed by atoms with E-state index in [-0.39, 0.29) is 11.9 Å². The van der Waals surface area contributed by atoms with Gasteiger partial charge >= 0.3 is 0 Å². The van der Waals surface area contributed by atoms with Crippen LogP contribution in [-0.4, -0.2) is 22.1 Å². The van der Waals surface area contributed by atoms with E-state index in [9.17, 15) is 4.79 Å². The van der Waals surface area contributed by atoms with Crippen LogP contribution in [0.1, 0.15) is 47.5 Å². The lowest BCUT2D eigenvalue weighted by atomic mass is 10.0. The minimum absolute atomic E-state index is 0.0102. The summed E-state index contributed by atoms with van der Waals surface area (Å²) in [5, 5.41) is 3.87. The molecule has 1 aromatic carbocycles. The van der Waals surface area contributed by atoms with E-state index in [0.29, 0.717) is 12.8 Å². The molecule has 1 heterocycles. The van der Waals surface area contributed by atoms with Crippen LogP contribution in [0.15, 0.2) is 29.4 Å². The average molecular weight is 343 g/mol. The van der Waals surface area contributed by atoms with Gasteiger partial charge in [-0.15, -0.1) is 0 Å². The summed E-state index contributed by atoms with van der Waals surface area (Å²) in [7, 11) is 0. The van der Waals surface area contributed by atoms with Crippen molar-refractivity contribution in [3.05, 3.63) is 52.3 Å². The maximum atomic E-state index is 12.3. The Kier molecular flexibility index (Phi) is 6.37. The van der Waals surface area contributed by atoms with Gasteiger partial charge in [-0.3, -0.25) is 4.79 Å². The molecule has 0 radical (unpaired) electrons. The number of carbonyl (C=O) groups is 1. The van der Waals surface area contributed by atoms with Crippen molar-refractivity contribution in [2.24, 2.45) is 0 Å². The Morgan fingerprint density at radius 3 is 2.38 bits per heavy atom. The second-order valence-corrected chi connectivity index (χ2v) is 6.78. The molecule has 1 unspecified atom stereocenters. The summed E-state index contributed by atoms with van der Waals surface area (Å²) in [6.07, 6.45) is 3.08. The number of aromatic nitrogens is 2. The van der Waals surface area contributed by atoms with Gasteiger partial charge in [0.1, 0.15) is 0 Å². The molecular weight excluding hydrogens is 318 g/mol. The molecule has 4 nitrogen and oxygen atoms in total. The maximum absolute atomic E-state index is 12.3. The molecule has 5 heteroatoms. The van der Waals surface area contributed by atoms with E-state index < -0.39 is 0 Å². The summed E-state index contributed by atoms with van der Waals surface area (Å²) in [5.74, 6) is 0.0542. The van der Waals surface area contributed by atoms with E-state index in [1.807, 2.05) is 39.2 Å². The molecule has 0 spiro atoms. The number of nitrogens with zero attached hydrogens (tertiary/aromatic N) is 2. The van der Waals surface area contributed by atoms with Crippen LogP contribution in [0.25, 0.3) is 0 Å². The van der Waals surface area contributed by atoms with Crippen LogP contribution in [0.5, 0.6) is 0 Å². The molecule has 0 fully saturated rings. The third kappa shape index (κ3) is 4.57. The Bertz CT molecular complexity index is 707. The molecule has 0 bridgehead atoms. The van der Waals surface area contributed by atoms with E-state index in [1.54, 1.807) is 0 Å². The molecule has 24 heavy (non-hydrogen) atoms. The Morgan fingerprint density at radius 1 is 1.17 bits per heavy atom. The number of hydrogen-bond donors (Lipinski definition) is 1. The largest absolute Gasteiger partial charge is 0.350 e. The molecule has 0 saturated heterocycles. The highest BCUT2D eigenvalue weighted by atomic mass is 32.2. The van der Waals surface area contributed by atoms with Crippen molar-refractivity contribution in [3.8, 4) is 0 Å². The first-order valence-electron chi connectivity index (χ1n) is 8.15. The molecule has 0 aliphatic carbocycles. The van der Waals surface area contributed by atoms with Gasteiger partial charge in [-0.1, -0.05) is 36.0 Å². The van der Waals surface area contributed by atoms with Crippen LogP contribution in [0.2, 0.25) is 0 Å². The molecule has 1 atom stereocenters. The molecule has 1 aromatic heterocycles. The van der Waals surface area contributed by atoms with Gasteiger partial charge in [0, 0.05) is 17.8 Å². The van der Waals surface area contributed by atoms with Crippen molar-refractivity contribution in [1.29, 1.82) is 0 Å². The molecule has 128 valence electrons. The first-order chi connectivity index (χ1) is 11.4. The zero-order valence-electron chi connectivity index (χ0n) is 15.0. The summed E-state index contributed by atoms with van der Waals surface area (Å²) in [6.45, 7) is 8.05. The standard InChI is InChI=1S/C19H25N3OS/c1-12-8-6-7-9-16(12)13(2)20-18(23)11-10-17-14(3)21-19(24-5)22-15(17)4/h6-9,13H,10-11H2,1-5H3,(H,20,23). The average Bonchev–Trinajstić information content (AvgIpc) is 2.54. The number of amides is 1. The Morgan fingerprint density at radius 2 is 1.79 bits per heavy atom. The summed E-state index contributed by atoms with van der Waals surface area (Å²) in [5.41, 5.74) is 5.36. The van der Waals surface area contributed by atoms with Crippen molar-refractivity contribution in [2.45, 2.75) is 51.7 Å². The highest BCUT2D eigenvalue weighted by Crippen LogP contribution is 2.19. The Labute approximate surface area is 148 Å². The molecule has 0 aliphatic rings. The fourth-order valence-corrected chi connectivity index (χ4v) is 3.32. The summed E-state index contributed by atoms with van der Waals surface area (Å²) < 4.78 is 0. The highest BCUT2D eigenvalue weighted by molar-refractivity contribution is 7.98. The van der Waals surface area contributed by atoms with E-state index in [2.05, 4.69) is 34.3 Å². The van der Waals surface area contributed by atoms with Gasteiger partial charge in [0.05, 0.1) is 6.04 Å². The number of hydrogen-bond acceptors (Lipinski definition) is 4. The Hall–Kier alpha value is -1.88. The number of benzene rings is 1. The SMILES string of the molecule is CSc1nc(C)c(CCC(=O)NC(C)c2ccccc2C)c(C)n1. The van der Waals surface area contributed by atoms with Crippen LogP contribution >= 0.6 is 11.8 Å². The molecular formula is C19H25N3OS. The zero-order chi connectivity index (χ0) is 17.7. The van der Waals surface area contributed by atoms with Crippen molar-refractivity contribution in [3.63, 3.8) is 0 Å². The summed E-state index contributed by atoms with van der Waals surface area (Å²) >= 11 is 1.54. The van der Waals surface area contributed by atoms with Gasteiger partial charge in [-0.2, -0.15) is 0 Å². The summed E-state index contributed by atoms with van der Waals surface area (Å²) in [4.78, 5) is 21.2. The minimum atomic E-state index is 0.0102. The lowest BCUT2D eigenvalue weighted by Gasteiger charge is -2.17. The zero-order valence-corrected chi connectivity index (χ0v) is 15.8. The van der Waals surface area contributed by atoms with Crippen LogP contribution < -0.4 is 5.32 Å². The minimum Gasteiger partial charge on any atom is -0.350 e. The highest BCUT2D eigenvalue weighted by Gasteiger charge is 2.14. The third-order valence-corrected chi connectivity index (χ3v) is 4.76. The fourth-order valence-electron chi connectivity index (χ4n) is 2.86. The van der Waals surface area contributed by atoms with E-state index in [0.717, 1.165) is 27.7 Å². The molecule has 0 aliphatic heterocycles. The van der Waals surface area contributed by atoms with Crippen molar-refractivity contribution >= 4 is 17.7 Å². The first kappa shape index (κ1) is 18.5. The quantitative estimate of drug-likeness (QED) is 0.638. The predicted molar refractivity (Wildman–Crippen MR) is 99.3 cm³/mol. The van der Waals surface area contributed by atoms with Crippen LogP contribution in [-0.2, 0) is 11.2 Å². The Balaban J connectivity index is 1.98. The molecule has 2 aromatic rings. The summed E-state index contributed by atoms with van der Waals surface area (Å²) in [6, 6.07) is 8.15. The second kappa shape index (κ2) is 8.29. The van der Waals surface area contributed by atoms with Gasteiger partial charge < -0.3 is 5.32 Å². The fraction of sp³-hybridized carbons (Fsp3) is 0.421. The second-order valence-electron chi connectivity index (χ2n) is 6.01. The number of nitrogens with one attached hydrogen (secondary N) is 1. The van der Waals surface area contributed by atoms with Crippen molar-refractivity contribution < 1.29 is 4.79 Å². The van der Waals surface area contributed by atoms with Crippen molar-refractivity contribution in [2.75, 3.05) is 6.26 Å². The topological polar surface area (TPSA) is 54.9 Å². The maximum Gasteiger partial charge on any atom is 0.220 e. The van der Waals surface area contributed by atoms with Crippen LogP contribution in [0, 0.1) is 20.8 Å². The number of aryl methyl sites for hydroxylation is 3. The van der Waals surface area contributed by atoms with Gasteiger partial charge in [-0.25, -0.2) is 9.97 Å². The number of thioether (sulfide) groups is 1. The number of carbonyl (C=O) groups excluding carboxylic acids is 1. The smallest absolute Gasteiger partial charge is 0.220 e. The van der Waals surface area contributed by atoms with Gasteiger partial charge in [0.2, 0.25) is 5.91 Å². The van der Waals surface area contributed by atoms with E-state index in [4.69, 9.17) is 0 Å². The third-order valence-electron chi connectivity index (χ3n) is 4.22. The lowest BCUT2D eigenvalue weighted by Crippen LogP contribution is -2.27. The first-order valence-corrected chi connectivity index (χ1v) is 9.37. The van der Waals surface area contributed by atoms with E-state index in [1.165, 1.54) is 17.3 Å². The van der Waals surface area contributed by atoms with E-state index >= 15 is 0 Å². The van der Waals surface area contributed by atoms with Crippen LogP contribution in [0.3, 0.4) is 0 Å². The van der Waals surface area contributed by atoms with Crippen LogP contribution in [0.4, 0.5) is 0 Å². The molecule has 2 rings (SSSR count). The molecule has 1 amide bonds. The monoisotopic (exact) mass is 343 g/mol. The van der Waals surface area contributed by atoms with Gasteiger partial charge in [-0.05, 0) is 57.1 Å². The van der Waals surface area contributed by atoms with Gasteiger partial charge in [0.15, 0.2) is 5.16 Å². The van der Waals surface area contributed by atoms with Gasteiger partial charge in [0.25, 0.3) is 0 Å². The lowest BCUT2D eigenvalue weighted by molar-refractivity contribution is -0.121. The predicted octanol–water partition coefficient (Wildman–Crippen LogP) is 3.93.